The number of fused-ring (bicyclic) bond motifs is 7. The summed E-state index contributed by atoms with van der Waals surface area (Å²) in [5.41, 5.74) is 10.8. The average Bonchev–Trinajstić information content (AvgIpc) is 3.42. The van der Waals surface area contributed by atoms with E-state index >= 15 is 0 Å². The molecule has 10 rings (SSSR count). The van der Waals surface area contributed by atoms with Gasteiger partial charge in [-0.3, -0.25) is 0 Å². The van der Waals surface area contributed by atoms with Gasteiger partial charge in [0.25, 0.3) is 0 Å². The molecule has 54 heavy (non-hydrogen) atoms. The summed E-state index contributed by atoms with van der Waals surface area (Å²) >= 11 is 0. The highest BCUT2D eigenvalue weighted by molar-refractivity contribution is 7.64. The third kappa shape index (κ3) is 6.01. The first-order chi connectivity index (χ1) is 26.8. The van der Waals surface area contributed by atoms with Crippen LogP contribution in [0.4, 0.5) is 0 Å². The molecule has 0 spiro atoms. The van der Waals surface area contributed by atoms with E-state index in [9.17, 15) is 0 Å². The molecule has 9 aromatic carbocycles. The minimum absolute atomic E-state index is 0.589. The van der Waals surface area contributed by atoms with Crippen LogP contribution in [-0.4, -0.2) is 8.80 Å². The molecule has 0 unspecified atom stereocenters. The Morgan fingerprint density at radius 2 is 0.815 bits per heavy atom. The number of rotatable bonds is 6. The van der Waals surface area contributed by atoms with Crippen molar-refractivity contribution in [3.8, 4) is 33.4 Å². The molecular formula is C52H38PSi. The molecule has 0 saturated carbocycles. The van der Waals surface area contributed by atoms with Gasteiger partial charge in [0.15, 0.2) is 8.80 Å². The van der Waals surface area contributed by atoms with Gasteiger partial charge < -0.3 is 0 Å². The van der Waals surface area contributed by atoms with E-state index in [1.54, 1.807) is 0 Å². The first-order valence-electron chi connectivity index (χ1n) is 18.8. The lowest BCUT2D eigenvalue weighted by atomic mass is 9.88. The van der Waals surface area contributed by atoms with Crippen molar-refractivity contribution in [2.24, 2.45) is 0 Å². The van der Waals surface area contributed by atoms with Gasteiger partial charge in [-0.15, -0.1) is 0 Å². The summed E-state index contributed by atoms with van der Waals surface area (Å²) in [7, 11) is -2.02. The second kappa shape index (κ2) is 14.2. The van der Waals surface area contributed by atoms with E-state index in [0.717, 1.165) is 12.3 Å². The lowest BCUT2D eigenvalue weighted by molar-refractivity contribution is 1.40. The van der Waals surface area contributed by atoms with Gasteiger partial charge in [0.1, 0.15) is 0 Å². The van der Waals surface area contributed by atoms with Crippen LogP contribution in [0, 0.1) is 0 Å². The fourth-order valence-corrected chi connectivity index (χ4v) is 14.5. The van der Waals surface area contributed by atoms with Crippen LogP contribution >= 0.6 is 7.92 Å². The highest BCUT2D eigenvalue weighted by atomic mass is 31.1. The minimum Gasteiger partial charge on any atom is -0.0664 e. The Labute approximate surface area is 320 Å². The molecule has 2 heteroatoms. The monoisotopic (exact) mass is 721 g/mol. The number of benzene rings is 9. The van der Waals surface area contributed by atoms with Crippen molar-refractivity contribution in [1.82, 2.24) is 0 Å². The van der Waals surface area contributed by atoms with Crippen LogP contribution in [0.25, 0.3) is 54.9 Å². The largest absolute Gasteiger partial charge is 0.155 e. The molecule has 0 amide bonds. The standard InChI is InChI=1S/C52H38PSi/c1-4-16-37(17-5-1)43-32-44(38-18-6-2-7-19-38)34-46(33-43)54(45-22-8-3-9-23-45)50-27-15-14-26-49(50)53-35-41-30-28-39-20-10-12-24-47(39)51(41)52-42(36-53)31-29-40-21-11-13-25-48(40)52/h1-34H,35-36H2. The van der Waals surface area contributed by atoms with Crippen LogP contribution in [0.5, 0.6) is 0 Å². The molecule has 255 valence electrons. The molecule has 1 radical (unpaired) electrons. The molecule has 0 fully saturated rings. The summed E-state index contributed by atoms with van der Waals surface area (Å²) < 4.78 is 0. The normalized spacial score (nSPS) is 12.8. The van der Waals surface area contributed by atoms with Gasteiger partial charge >= 0.3 is 0 Å². The third-order valence-electron chi connectivity index (χ3n) is 11.0. The Balaban J connectivity index is 1.19. The Bertz CT molecular complexity index is 2630. The molecule has 0 N–H and O–H groups in total. The molecule has 0 bridgehead atoms. The Kier molecular flexibility index (Phi) is 8.61. The molecule has 0 aliphatic carbocycles. The number of hydrogen-bond acceptors (Lipinski definition) is 0. The fraction of sp³-hybridized carbons (Fsp3) is 0.0385. The van der Waals surface area contributed by atoms with E-state index in [1.165, 1.54) is 86.9 Å². The van der Waals surface area contributed by atoms with Crippen molar-refractivity contribution in [2.75, 3.05) is 0 Å². The zero-order valence-electron chi connectivity index (χ0n) is 30.0. The smallest absolute Gasteiger partial charge is 0.0664 e. The van der Waals surface area contributed by atoms with Gasteiger partial charge in [-0.25, -0.2) is 0 Å². The maximum Gasteiger partial charge on any atom is 0.155 e. The molecule has 0 atom stereocenters. The van der Waals surface area contributed by atoms with E-state index in [4.69, 9.17) is 0 Å². The van der Waals surface area contributed by atoms with Crippen LogP contribution in [-0.2, 0) is 12.3 Å². The zero-order valence-corrected chi connectivity index (χ0v) is 31.9. The first-order valence-corrected chi connectivity index (χ1v) is 22.0. The molecule has 9 aromatic rings. The Morgan fingerprint density at radius 3 is 1.37 bits per heavy atom. The van der Waals surface area contributed by atoms with Crippen LogP contribution in [0.3, 0.4) is 0 Å². The van der Waals surface area contributed by atoms with Crippen molar-refractivity contribution in [3.05, 3.63) is 217 Å². The van der Waals surface area contributed by atoms with Crippen molar-refractivity contribution in [3.63, 3.8) is 0 Å². The number of hydrogen-bond donors (Lipinski definition) is 0. The molecule has 1 aliphatic heterocycles. The van der Waals surface area contributed by atoms with E-state index in [1.807, 2.05) is 0 Å². The molecule has 1 heterocycles. The maximum absolute atomic E-state index is 2.49. The van der Waals surface area contributed by atoms with Gasteiger partial charge in [0.05, 0.1) is 0 Å². The van der Waals surface area contributed by atoms with Crippen molar-refractivity contribution in [2.45, 2.75) is 12.3 Å². The lowest BCUT2D eigenvalue weighted by Crippen LogP contribution is -2.56. The summed E-state index contributed by atoms with van der Waals surface area (Å²) in [4.78, 5) is 0. The molecule has 0 saturated heterocycles. The van der Waals surface area contributed by atoms with E-state index in [2.05, 4.69) is 206 Å². The van der Waals surface area contributed by atoms with Gasteiger partial charge in [0, 0.05) is 0 Å². The first kappa shape index (κ1) is 32.8. The molecular weight excluding hydrogens is 684 g/mol. The van der Waals surface area contributed by atoms with Crippen LogP contribution in [0.1, 0.15) is 11.1 Å². The molecule has 0 nitrogen and oxygen atoms in total. The lowest BCUT2D eigenvalue weighted by Gasteiger charge is -2.26. The minimum atomic E-state index is -1.43. The quantitative estimate of drug-likeness (QED) is 0.0911. The predicted octanol–water partition coefficient (Wildman–Crippen LogP) is 11.3. The van der Waals surface area contributed by atoms with E-state index in [0.29, 0.717) is 0 Å². The van der Waals surface area contributed by atoms with Crippen molar-refractivity contribution in [1.29, 1.82) is 0 Å². The second-order valence-electron chi connectivity index (χ2n) is 14.3. The maximum atomic E-state index is 2.49. The summed E-state index contributed by atoms with van der Waals surface area (Å²) in [5, 5.41) is 11.2. The highest BCUT2D eigenvalue weighted by Gasteiger charge is 2.30. The summed E-state index contributed by atoms with van der Waals surface area (Å²) in [6.45, 7) is 0. The van der Waals surface area contributed by atoms with Crippen molar-refractivity contribution >= 4 is 59.1 Å². The van der Waals surface area contributed by atoms with Gasteiger partial charge in [-0.05, 0) is 100 Å². The van der Waals surface area contributed by atoms with Gasteiger partial charge in [-0.1, -0.05) is 213 Å². The van der Waals surface area contributed by atoms with Gasteiger partial charge in [-0.2, -0.15) is 0 Å². The van der Waals surface area contributed by atoms with Crippen LogP contribution in [0.2, 0.25) is 0 Å². The molecule has 0 aromatic heterocycles. The Morgan fingerprint density at radius 1 is 0.352 bits per heavy atom. The van der Waals surface area contributed by atoms with Crippen LogP contribution in [0.15, 0.2) is 206 Å². The van der Waals surface area contributed by atoms with E-state index in [-0.39, 0.29) is 0 Å². The summed E-state index contributed by atoms with van der Waals surface area (Å²) in [5.74, 6) is 0. The highest BCUT2D eigenvalue weighted by Crippen LogP contribution is 2.52. The average molecular weight is 722 g/mol. The third-order valence-corrected chi connectivity index (χ3v) is 16.5. The predicted molar refractivity (Wildman–Crippen MR) is 236 cm³/mol. The second-order valence-corrected chi connectivity index (χ2v) is 18.9. The fourth-order valence-electron chi connectivity index (χ4n) is 8.53. The van der Waals surface area contributed by atoms with Crippen LogP contribution < -0.4 is 20.9 Å². The van der Waals surface area contributed by atoms with Crippen molar-refractivity contribution < 1.29 is 0 Å². The Hall–Kier alpha value is -5.85. The summed E-state index contributed by atoms with van der Waals surface area (Å²) in [6, 6.07) is 77.5. The molecule has 1 aliphatic rings. The van der Waals surface area contributed by atoms with Gasteiger partial charge in [0.2, 0.25) is 0 Å². The zero-order chi connectivity index (χ0) is 35.8. The summed E-state index contributed by atoms with van der Waals surface area (Å²) in [6.07, 6.45) is 2.11. The topological polar surface area (TPSA) is 0 Å². The van der Waals surface area contributed by atoms with E-state index < -0.39 is 16.7 Å². The SMILES string of the molecule is c1ccc(-c2cc(-c3ccccc3)cc([Si](c3ccccc3)c3ccccc3P3Cc4ccc5ccccc5c4-c4c(ccc5ccccc45)C3)c2)cc1.